The third-order valence-corrected chi connectivity index (χ3v) is 5.49. The topological polar surface area (TPSA) is 61.6 Å². The van der Waals surface area contributed by atoms with Gasteiger partial charge in [0.25, 0.3) is 6.01 Å². The number of benzene rings is 1. The predicted octanol–water partition coefficient (Wildman–Crippen LogP) is 2.96. The van der Waals surface area contributed by atoms with E-state index < -0.39 is 0 Å². The molecule has 3 heterocycles. The lowest BCUT2D eigenvalue weighted by molar-refractivity contribution is -0.135. The van der Waals surface area contributed by atoms with E-state index in [2.05, 4.69) is 20.1 Å². The SMILES string of the molecule is CNCC1CCN(C(=O)C2CCN(c3nc4ccccc4o3)CC2)C1.Cl.Cl. The van der Waals surface area contributed by atoms with E-state index in [0.717, 1.165) is 63.1 Å². The molecule has 1 unspecified atom stereocenters. The molecule has 0 aliphatic carbocycles. The number of amides is 1. The monoisotopic (exact) mass is 414 g/mol. The number of likely N-dealkylation sites (tertiary alicyclic amines) is 1. The van der Waals surface area contributed by atoms with Crippen molar-refractivity contribution >= 4 is 47.8 Å². The minimum atomic E-state index is 0. The maximum Gasteiger partial charge on any atom is 0.298 e. The third-order valence-electron chi connectivity index (χ3n) is 5.49. The number of anilines is 1. The van der Waals surface area contributed by atoms with E-state index in [1.165, 1.54) is 0 Å². The molecule has 6 nitrogen and oxygen atoms in total. The molecule has 0 bridgehead atoms. The summed E-state index contributed by atoms with van der Waals surface area (Å²) in [5.41, 5.74) is 1.71. The number of piperidine rings is 1. The lowest BCUT2D eigenvalue weighted by atomic mass is 9.95. The standard InChI is InChI=1S/C19H26N4O2.2ClH/c1-20-12-14-6-9-23(13-14)18(24)15-7-10-22(11-8-15)19-21-16-4-2-3-5-17(16)25-19;;/h2-5,14-15,20H,6-13H2,1H3;2*1H. The molecule has 2 aromatic rings. The average molecular weight is 415 g/mol. The molecule has 2 saturated heterocycles. The van der Waals surface area contributed by atoms with Gasteiger partial charge in [0.15, 0.2) is 5.58 Å². The van der Waals surface area contributed by atoms with Crippen LogP contribution in [0.4, 0.5) is 6.01 Å². The van der Waals surface area contributed by atoms with Gasteiger partial charge >= 0.3 is 0 Å². The summed E-state index contributed by atoms with van der Waals surface area (Å²) >= 11 is 0. The van der Waals surface area contributed by atoms with Gasteiger partial charge < -0.3 is 19.5 Å². The lowest BCUT2D eigenvalue weighted by Crippen LogP contribution is -2.42. The lowest BCUT2D eigenvalue weighted by Gasteiger charge is -2.32. The molecule has 150 valence electrons. The average Bonchev–Trinajstić information content (AvgIpc) is 3.28. The van der Waals surface area contributed by atoms with Gasteiger partial charge in [0.05, 0.1) is 0 Å². The summed E-state index contributed by atoms with van der Waals surface area (Å²) in [5, 5.41) is 3.22. The number of fused-ring (bicyclic) bond motifs is 1. The molecule has 4 rings (SSSR count). The molecule has 0 saturated carbocycles. The molecule has 0 spiro atoms. The van der Waals surface area contributed by atoms with Crippen molar-refractivity contribution in [2.24, 2.45) is 11.8 Å². The summed E-state index contributed by atoms with van der Waals surface area (Å²) in [7, 11) is 1.98. The fraction of sp³-hybridized carbons (Fsp3) is 0.579. The van der Waals surface area contributed by atoms with Crippen LogP contribution in [-0.4, -0.2) is 55.6 Å². The highest BCUT2D eigenvalue weighted by Gasteiger charge is 2.33. The number of nitrogens with zero attached hydrogens (tertiary/aromatic N) is 3. The normalized spacial score (nSPS) is 20.4. The van der Waals surface area contributed by atoms with Gasteiger partial charge in [-0.3, -0.25) is 4.79 Å². The van der Waals surface area contributed by atoms with Gasteiger partial charge in [-0.1, -0.05) is 12.1 Å². The molecule has 8 heteroatoms. The van der Waals surface area contributed by atoms with E-state index in [0.29, 0.717) is 17.8 Å². The second-order valence-corrected chi connectivity index (χ2v) is 7.22. The minimum Gasteiger partial charge on any atom is -0.423 e. The zero-order valence-electron chi connectivity index (χ0n) is 15.6. The van der Waals surface area contributed by atoms with Crippen LogP contribution in [0.5, 0.6) is 0 Å². The summed E-state index contributed by atoms with van der Waals surface area (Å²) in [4.78, 5) is 21.6. The van der Waals surface area contributed by atoms with Crippen LogP contribution < -0.4 is 10.2 Å². The molecule has 1 N–H and O–H groups in total. The van der Waals surface area contributed by atoms with Gasteiger partial charge in [0.2, 0.25) is 5.91 Å². The molecule has 1 amide bonds. The van der Waals surface area contributed by atoms with Gasteiger partial charge in [-0.05, 0) is 50.9 Å². The number of rotatable bonds is 4. The minimum absolute atomic E-state index is 0. The predicted molar refractivity (Wildman–Crippen MR) is 112 cm³/mol. The van der Waals surface area contributed by atoms with Gasteiger partial charge in [-0.15, -0.1) is 24.8 Å². The number of hydrogen-bond donors (Lipinski definition) is 1. The van der Waals surface area contributed by atoms with Crippen LogP contribution in [0.3, 0.4) is 0 Å². The number of nitrogens with one attached hydrogen (secondary N) is 1. The Bertz CT molecular complexity index is 713. The van der Waals surface area contributed by atoms with Crippen LogP contribution in [0.2, 0.25) is 0 Å². The van der Waals surface area contributed by atoms with E-state index in [9.17, 15) is 4.79 Å². The number of oxazole rings is 1. The summed E-state index contributed by atoms with van der Waals surface area (Å²) in [6.07, 6.45) is 2.88. The fourth-order valence-electron chi connectivity index (χ4n) is 4.06. The quantitative estimate of drug-likeness (QED) is 0.832. The van der Waals surface area contributed by atoms with Crippen molar-refractivity contribution in [2.45, 2.75) is 19.3 Å². The van der Waals surface area contributed by atoms with Crippen molar-refractivity contribution in [1.82, 2.24) is 15.2 Å². The van der Waals surface area contributed by atoms with Gasteiger partial charge in [0.1, 0.15) is 5.52 Å². The molecule has 1 aromatic heterocycles. The van der Waals surface area contributed by atoms with Gasteiger partial charge in [-0.25, -0.2) is 0 Å². The number of aromatic nitrogens is 1. The Morgan fingerprint density at radius 3 is 2.63 bits per heavy atom. The molecular formula is C19H28Cl2N4O2. The summed E-state index contributed by atoms with van der Waals surface area (Å²) in [6, 6.07) is 8.52. The summed E-state index contributed by atoms with van der Waals surface area (Å²) < 4.78 is 5.86. The van der Waals surface area contributed by atoms with E-state index in [1.54, 1.807) is 0 Å². The number of para-hydroxylation sites is 2. The summed E-state index contributed by atoms with van der Waals surface area (Å²) in [5.74, 6) is 1.10. The maximum absolute atomic E-state index is 12.8. The highest BCUT2D eigenvalue weighted by Crippen LogP contribution is 2.28. The first-order chi connectivity index (χ1) is 12.2. The summed E-state index contributed by atoms with van der Waals surface area (Å²) in [6.45, 7) is 4.48. The molecule has 2 aliphatic rings. The van der Waals surface area contributed by atoms with Crippen LogP contribution in [0.25, 0.3) is 11.1 Å². The Morgan fingerprint density at radius 1 is 1.19 bits per heavy atom. The Labute approximate surface area is 172 Å². The van der Waals surface area contributed by atoms with Crippen LogP contribution >= 0.6 is 24.8 Å². The zero-order valence-corrected chi connectivity index (χ0v) is 17.2. The number of carbonyl (C=O) groups is 1. The smallest absolute Gasteiger partial charge is 0.298 e. The van der Waals surface area contributed by atoms with Crippen LogP contribution in [0.1, 0.15) is 19.3 Å². The molecule has 27 heavy (non-hydrogen) atoms. The second kappa shape index (κ2) is 9.62. The van der Waals surface area contributed by atoms with Crippen molar-refractivity contribution in [3.8, 4) is 0 Å². The van der Waals surface area contributed by atoms with E-state index in [4.69, 9.17) is 4.42 Å². The molecule has 2 aliphatic heterocycles. The van der Waals surface area contributed by atoms with Crippen molar-refractivity contribution in [3.05, 3.63) is 24.3 Å². The first kappa shape index (κ1) is 21.8. The van der Waals surface area contributed by atoms with Crippen molar-refractivity contribution in [3.63, 3.8) is 0 Å². The van der Waals surface area contributed by atoms with Crippen molar-refractivity contribution < 1.29 is 9.21 Å². The molecule has 1 atom stereocenters. The first-order valence-electron chi connectivity index (χ1n) is 9.28. The van der Waals surface area contributed by atoms with Gasteiger partial charge in [0, 0.05) is 32.1 Å². The van der Waals surface area contributed by atoms with E-state index >= 15 is 0 Å². The Morgan fingerprint density at radius 2 is 1.93 bits per heavy atom. The number of halogens is 2. The highest BCUT2D eigenvalue weighted by molar-refractivity contribution is 5.85. The third kappa shape index (κ3) is 4.68. The molecule has 1 aromatic carbocycles. The molecular weight excluding hydrogens is 387 g/mol. The Hall–Kier alpha value is -1.50. The first-order valence-corrected chi connectivity index (χ1v) is 9.28. The van der Waals surface area contributed by atoms with Gasteiger partial charge in [-0.2, -0.15) is 4.98 Å². The van der Waals surface area contributed by atoms with Crippen LogP contribution in [0, 0.1) is 11.8 Å². The van der Waals surface area contributed by atoms with E-state index in [1.807, 2.05) is 31.3 Å². The van der Waals surface area contributed by atoms with E-state index in [-0.39, 0.29) is 30.7 Å². The van der Waals surface area contributed by atoms with Crippen molar-refractivity contribution in [1.29, 1.82) is 0 Å². The Kier molecular flexibility index (Phi) is 7.77. The van der Waals surface area contributed by atoms with Crippen LogP contribution in [-0.2, 0) is 4.79 Å². The maximum atomic E-state index is 12.8. The molecule has 0 radical (unpaired) electrons. The largest absolute Gasteiger partial charge is 0.423 e. The molecule has 2 fully saturated rings. The number of carbonyl (C=O) groups excluding carboxylic acids is 1. The fourth-order valence-corrected chi connectivity index (χ4v) is 4.06. The second-order valence-electron chi connectivity index (χ2n) is 7.22. The van der Waals surface area contributed by atoms with Crippen LogP contribution in [0.15, 0.2) is 28.7 Å². The Balaban J connectivity index is 0.00000131. The highest BCUT2D eigenvalue weighted by atomic mass is 35.5. The number of hydrogen-bond acceptors (Lipinski definition) is 5. The van der Waals surface area contributed by atoms with Crippen molar-refractivity contribution in [2.75, 3.05) is 44.7 Å². The zero-order chi connectivity index (χ0) is 17.2.